The van der Waals surface area contributed by atoms with E-state index in [2.05, 4.69) is 20.1 Å². The molecule has 1 aliphatic carbocycles. The van der Waals surface area contributed by atoms with Gasteiger partial charge in [-0.05, 0) is 12.5 Å². The molecule has 1 saturated carbocycles. The number of nitrogens with zero attached hydrogens (tertiary/aromatic N) is 5. The molecule has 1 aliphatic rings. The molecule has 13 heteroatoms. The zero-order valence-corrected chi connectivity index (χ0v) is 15.1. The highest BCUT2D eigenvalue weighted by Gasteiger charge is 2.43. The summed E-state index contributed by atoms with van der Waals surface area (Å²) in [7, 11) is 0. The molecule has 1 fully saturated rings. The summed E-state index contributed by atoms with van der Waals surface area (Å²) in [6.45, 7) is 0. The van der Waals surface area contributed by atoms with Crippen molar-refractivity contribution in [2.45, 2.75) is 43.5 Å². The third-order valence-electron chi connectivity index (χ3n) is 4.82. The molecule has 0 bridgehead atoms. The van der Waals surface area contributed by atoms with E-state index in [0.29, 0.717) is 6.07 Å². The van der Waals surface area contributed by atoms with Crippen LogP contribution in [0.5, 0.6) is 11.8 Å². The van der Waals surface area contributed by atoms with Crippen molar-refractivity contribution in [3.05, 3.63) is 30.2 Å². The second kappa shape index (κ2) is 7.00. The third-order valence-corrected chi connectivity index (χ3v) is 4.82. The molecular weight excluding hydrogens is 415 g/mol. The summed E-state index contributed by atoms with van der Waals surface area (Å²) in [6, 6.07) is 0.285. The summed E-state index contributed by atoms with van der Waals surface area (Å²) in [5.74, 6) is -3.89. The summed E-state index contributed by atoms with van der Waals surface area (Å²) in [5, 5.41) is 14.3. The number of nitrogen functional groups attached to an aromatic ring is 1. The minimum atomic E-state index is -4.62. The number of nitrogens with two attached hydrogens (primary N) is 1. The van der Waals surface area contributed by atoms with Gasteiger partial charge in [0.1, 0.15) is 17.5 Å². The Bertz CT molecular complexity index is 1090. The molecule has 160 valence electrons. The molecule has 0 unspecified atom stereocenters. The second-order valence-corrected chi connectivity index (χ2v) is 6.92. The van der Waals surface area contributed by atoms with Crippen LogP contribution in [0.2, 0.25) is 0 Å². The number of aliphatic hydroxyl groups excluding tert-OH is 1. The third kappa shape index (κ3) is 3.72. The number of fused-ring (bicyclic) bond motifs is 1. The molecule has 0 spiro atoms. The summed E-state index contributed by atoms with van der Waals surface area (Å²) in [4.78, 5) is 11.5. The molecule has 0 amide bonds. The predicted octanol–water partition coefficient (Wildman–Crippen LogP) is 3.34. The summed E-state index contributed by atoms with van der Waals surface area (Å²) in [6.07, 6.45) is -5.11. The van der Waals surface area contributed by atoms with Crippen LogP contribution in [0.3, 0.4) is 0 Å². The number of aromatic nitrogens is 5. The van der Waals surface area contributed by atoms with Gasteiger partial charge in [-0.2, -0.15) is 13.2 Å². The highest BCUT2D eigenvalue weighted by Crippen LogP contribution is 2.42. The Morgan fingerprint density at radius 3 is 2.73 bits per heavy atom. The van der Waals surface area contributed by atoms with E-state index in [0.717, 1.165) is 23.3 Å². The standard InChI is InChI=1S/C17H15F5N6O2/c18-16(19)3-1-10(29)9(6-16)28-14-12(13(23)25-7-26-14)15(27-28)30-11-5-8(2-4-24-11)17(20,21)22/h2,4-5,7,9-10,29H,1,3,6H2,(H2,23,25,26)/t9-,10-/m1/s1. The number of halogens is 5. The molecule has 3 N–H and O–H groups in total. The molecule has 2 atom stereocenters. The van der Waals surface area contributed by atoms with Crippen LogP contribution < -0.4 is 10.5 Å². The van der Waals surface area contributed by atoms with Gasteiger partial charge in [-0.1, -0.05) is 0 Å². The van der Waals surface area contributed by atoms with Gasteiger partial charge in [0.25, 0.3) is 5.88 Å². The number of aliphatic hydroxyl groups is 1. The minimum Gasteiger partial charge on any atom is -0.418 e. The smallest absolute Gasteiger partial charge is 0.416 e. The van der Waals surface area contributed by atoms with Crippen molar-refractivity contribution >= 4 is 16.9 Å². The number of hydrogen-bond donors (Lipinski definition) is 2. The first-order valence-electron chi connectivity index (χ1n) is 8.81. The highest BCUT2D eigenvalue weighted by molar-refractivity contribution is 5.90. The van der Waals surface area contributed by atoms with Crippen molar-refractivity contribution in [1.29, 1.82) is 0 Å². The first kappa shape index (κ1) is 20.2. The number of rotatable bonds is 3. The number of pyridine rings is 1. The molecule has 0 radical (unpaired) electrons. The van der Waals surface area contributed by atoms with Gasteiger partial charge in [-0.3, -0.25) is 0 Å². The van der Waals surface area contributed by atoms with E-state index in [9.17, 15) is 27.1 Å². The molecule has 8 nitrogen and oxygen atoms in total. The zero-order chi connectivity index (χ0) is 21.7. The SMILES string of the molecule is Nc1ncnc2c1c(Oc1cc(C(F)(F)F)ccn1)nn2[C@@H]1CC(F)(F)CC[C@H]1O. The van der Waals surface area contributed by atoms with Crippen molar-refractivity contribution in [2.24, 2.45) is 0 Å². The minimum absolute atomic E-state index is 0.00576. The van der Waals surface area contributed by atoms with Crippen molar-refractivity contribution in [3.8, 4) is 11.8 Å². The monoisotopic (exact) mass is 430 g/mol. The first-order valence-corrected chi connectivity index (χ1v) is 8.81. The Balaban J connectivity index is 1.79. The van der Waals surface area contributed by atoms with Crippen LogP contribution in [-0.4, -0.2) is 41.9 Å². The quantitative estimate of drug-likeness (QED) is 0.613. The molecule has 3 aromatic rings. The fourth-order valence-corrected chi connectivity index (χ4v) is 3.35. The Morgan fingerprint density at radius 1 is 1.23 bits per heavy atom. The number of alkyl halides is 5. The van der Waals surface area contributed by atoms with Crippen LogP contribution in [0.25, 0.3) is 11.0 Å². The van der Waals surface area contributed by atoms with E-state index in [-0.39, 0.29) is 29.2 Å². The van der Waals surface area contributed by atoms with Crippen LogP contribution in [0.1, 0.15) is 30.9 Å². The van der Waals surface area contributed by atoms with Crippen molar-refractivity contribution in [3.63, 3.8) is 0 Å². The van der Waals surface area contributed by atoms with Crippen LogP contribution in [0.15, 0.2) is 24.7 Å². The topological polar surface area (TPSA) is 112 Å². The van der Waals surface area contributed by atoms with Gasteiger partial charge in [-0.15, -0.1) is 5.10 Å². The van der Waals surface area contributed by atoms with E-state index < -0.39 is 48.5 Å². The number of ether oxygens (including phenoxy) is 1. The highest BCUT2D eigenvalue weighted by atomic mass is 19.4. The first-order chi connectivity index (χ1) is 14.0. The summed E-state index contributed by atoms with van der Waals surface area (Å²) < 4.78 is 73.2. The van der Waals surface area contributed by atoms with Crippen LogP contribution >= 0.6 is 0 Å². The van der Waals surface area contributed by atoms with Gasteiger partial charge in [0.2, 0.25) is 11.8 Å². The van der Waals surface area contributed by atoms with Gasteiger partial charge in [-0.25, -0.2) is 28.4 Å². The molecule has 30 heavy (non-hydrogen) atoms. The Hall–Kier alpha value is -3.09. The fraction of sp³-hybridized carbons (Fsp3) is 0.412. The number of hydrogen-bond acceptors (Lipinski definition) is 7. The number of anilines is 1. The zero-order valence-electron chi connectivity index (χ0n) is 15.1. The fourth-order valence-electron chi connectivity index (χ4n) is 3.35. The lowest BCUT2D eigenvalue weighted by Crippen LogP contribution is -2.37. The van der Waals surface area contributed by atoms with Crippen molar-refractivity contribution in [2.75, 3.05) is 5.73 Å². The van der Waals surface area contributed by atoms with Crippen LogP contribution in [0, 0.1) is 0 Å². The average Bonchev–Trinajstić information content (AvgIpc) is 3.03. The second-order valence-electron chi connectivity index (χ2n) is 6.92. The van der Waals surface area contributed by atoms with E-state index in [1.165, 1.54) is 0 Å². The largest absolute Gasteiger partial charge is 0.418 e. The lowest BCUT2D eigenvalue weighted by atomic mass is 9.89. The van der Waals surface area contributed by atoms with E-state index in [1.54, 1.807) is 0 Å². The Morgan fingerprint density at radius 2 is 2.00 bits per heavy atom. The maximum atomic E-state index is 13.9. The predicted molar refractivity (Wildman–Crippen MR) is 92.9 cm³/mol. The van der Waals surface area contributed by atoms with Crippen molar-refractivity contribution < 1.29 is 31.8 Å². The lowest BCUT2D eigenvalue weighted by molar-refractivity contribution is -0.137. The van der Waals surface area contributed by atoms with Gasteiger partial charge in [0.15, 0.2) is 5.65 Å². The molecule has 0 aromatic carbocycles. The van der Waals surface area contributed by atoms with Crippen LogP contribution in [0.4, 0.5) is 27.8 Å². The van der Waals surface area contributed by atoms with Crippen LogP contribution in [-0.2, 0) is 6.18 Å². The van der Waals surface area contributed by atoms with Crippen molar-refractivity contribution in [1.82, 2.24) is 24.7 Å². The average molecular weight is 430 g/mol. The Labute approximate surface area is 165 Å². The molecular formula is C17H15F5N6O2. The lowest BCUT2D eigenvalue weighted by Gasteiger charge is -2.33. The van der Waals surface area contributed by atoms with E-state index in [4.69, 9.17) is 10.5 Å². The normalized spacial score (nSPS) is 21.7. The van der Waals surface area contributed by atoms with Gasteiger partial charge >= 0.3 is 6.18 Å². The summed E-state index contributed by atoms with van der Waals surface area (Å²) >= 11 is 0. The molecule has 4 rings (SSSR count). The summed E-state index contributed by atoms with van der Waals surface area (Å²) in [5.41, 5.74) is 4.85. The maximum Gasteiger partial charge on any atom is 0.416 e. The molecule has 0 saturated heterocycles. The van der Waals surface area contributed by atoms with E-state index in [1.807, 2.05) is 0 Å². The molecule has 3 aromatic heterocycles. The van der Waals surface area contributed by atoms with Gasteiger partial charge in [0, 0.05) is 25.1 Å². The van der Waals surface area contributed by atoms with Gasteiger partial charge in [0.05, 0.1) is 17.7 Å². The van der Waals surface area contributed by atoms with E-state index >= 15 is 0 Å². The molecule has 0 aliphatic heterocycles. The van der Waals surface area contributed by atoms with Gasteiger partial charge < -0.3 is 15.6 Å². The molecule has 3 heterocycles. The maximum absolute atomic E-state index is 13.9. The Kier molecular flexibility index (Phi) is 4.71.